The van der Waals surface area contributed by atoms with E-state index in [-0.39, 0.29) is 5.91 Å². The Hall–Kier alpha value is -2.62. The first-order valence-corrected chi connectivity index (χ1v) is 6.04. The fraction of sp³-hybridized carbons (Fsp3) is 0.0667. The highest BCUT2D eigenvalue weighted by Crippen LogP contribution is 2.19. The Morgan fingerprint density at radius 1 is 1.26 bits per heavy atom. The quantitative estimate of drug-likeness (QED) is 0.735. The topological polar surface area (TPSA) is 57.8 Å². The van der Waals surface area contributed by atoms with E-state index in [1.165, 1.54) is 0 Å². The Labute approximate surface area is 110 Å². The van der Waals surface area contributed by atoms with Gasteiger partial charge in [0.25, 0.3) is 5.91 Å². The normalized spacial score (nSPS) is 10.6. The molecule has 19 heavy (non-hydrogen) atoms. The Kier molecular flexibility index (Phi) is 2.76. The second kappa shape index (κ2) is 4.57. The lowest BCUT2D eigenvalue weighted by atomic mass is 10.1. The number of pyridine rings is 1. The van der Waals surface area contributed by atoms with Crippen LogP contribution in [0.25, 0.3) is 10.9 Å². The molecule has 4 nitrogen and oxygen atoms in total. The van der Waals surface area contributed by atoms with Gasteiger partial charge in [-0.05, 0) is 30.7 Å². The van der Waals surface area contributed by atoms with Gasteiger partial charge in [-0.25, -0.2) is 0 Å². The van der Waals surface area contributed by atoms with Gasteiger partial charge in [-0.1, -0.05) is 12.1 Å². The molecule has 0 saturated heterocycles. The van der Waals surface area contributed by atoms with Crippen LogP contribution in [0.5, 0.6) is 0 Å². The molecule has 2 N–H and O–H groups in total. The van der Waals surface area contributed by atoms with E-state index in [1.54, 1.807) is 18.5 Å². The summed E-state index contributed by atoms with van der Waals surface area (Å²) in [4.78, 5) is 19.4. The fourth-order valence-electron chi connectivity index (χ4n) is 2.06. The van der Waals surface area contributed by atoms with E-state index >= 15 is 0 Å². The van der Waals surface area contributed by atoms with Crippen molar-refractivity contribution in [2.24, 2.45) is 0 Å². The molecule has 2 heterocycles. The maximum atomic E-state index is 12.3. The average Bonchev–Trinajstić information content (AvgIpc) is 2.89. The van der Waals surface area contributed by atoms with Crippen molar-refractivity contribution < 1.29 is 4.79 Å². The minimum atomic E-state index is -0.135. The number of benzene rings is 1. The number of H-pyrrole nitrogens is 1. The third-order valence-corrected chi connectivity index (χ3v) is 3.12. The largest absolute Gasteiger partial charge is 0.361 e. The molecule has 0 spiro atoms. The number of carbonyl (C=O) groups excluding carboxylic acids is 1. The van der Waals surface area contributed by atoms with Crippen LogP contribution in [0.4, 0.5) is 5.69 Å². The second-order valence-electron chi connectivity index (χ2n) is 4.39. The molecule has 0 aliphatic carbocycles. The molecular weight excluding hydrogens is 238 g/mol. The summed E-state index contributed by atoms with van der Waals surface area (Å²) in [5, 5.41) is 3.91. The first-order valence-electron chi connectivity index (χ1n) is 6.04. The highest BCUT2D eigenvalue weighted by molar-refractivity contribution is 6.12. The molecule has 0 radical (unpaired) electrons. The number of nitrogens with zero attached hydrogens (tertiary/aromatic N) is 1. The number of aromatic amines is 1. The van der Waals surface area contributed by atoms with E-state index in [2.05, 4.69) is 15.3 Å². The molecule has 0 unspecified atom stereocenters. The standard InChI is InChI=1S/C15H13N3O/c1-10-5-7-16-9-13(10)18-15(19)12-4-2-3-11-6-8-17-14(11)12/h2-9,17H,1H3,(H,18,19). The highest BCUT2D eigenvalue weighted by Gasteiger charge is 2.11. The predicted molar refractivity (Wildman–Crippen MR) is 75.2 cm³/mol. The lowest BCUT2D eigenvalue weighted by Gasteiger charge is -2.08. The van der Waals surface area contributed by atoms with Crippen molar-refractivity contribution in [2.75, 3.05) is 5.32 Å². The van der Waals surface area contributed by atoms with E-state index < -0.39 is 0 Å². The summed E-state index contributed by atoms with van der Waals surface area (Å²) >= 11 is 0. The highest BCUT2D eigenvalue weighted by atomic mass is 16.1. The molecule has 1 amide bonds. The van der Waals surface area contributed by atoms with Crippen LogP contribution in [0.3, 0.4) is 0 Å². The predicted octanol–water partition coefficient (Wildman–Crippen LogP) is 3.12. The molecule has 4 heteroatoms. The molecule has 3 aromatic rings. The van der Waals surface area contributed by atoms with Crippen LogP contribution in [0, 0.1) is 6.92 Å². The molecule has 0 atom stereocenters. The van der Waals surface area contributed by atoms with Gasteiger partial charge in [0.05, 0.1) is 23.0 Å². The van der Waals surface area contributed by atoms with E-state index in [0.29, 0.717) is 5.56 Å². The van der Waals surface area contributed by atoms with Crippen LogP contribution in [0.1, 0.15) is 15.9 Å². The van der Waals surface area contributed by atoms with Crippen molar-refractivity contribution in [3.63, 3.8) is 0 Å². The zero-order chi connectivity index (χ0) is 13.2. The monoisotopic (exact) mass is 251 g/mol. The molecule has 1 aromatic carbocycles. The zero-order valence-corrected chi connectivity index (χ0v) is 10.5. The van der Waals surface area contributed by atoms with Crippen molar-refractivity contribution >= 4 is 22.5 Å². The molecule has 0 aliphatic rings. The van der Waals surface area contributed by atoms with E-state index in [1.807, 2.05) is 37.4 Å². The van der Waals surface area contributed by atoms with E-state index in [4.69, 9.17) is 0 Å². The number of fused-ring (bicyclic) bond motifs is 1. The number of anilines is 1. The van der Waals surface area contributed by atoms with Crippen molar-refractivity contribution in [1.82, 2.24) is 9.97 Å². The summed E-state index contributed by atoms with van der Waals surface area (Å²) in [6, 6.07) is 9.46. The summed E-state index contributed by atoms with van der Waals surface area (Å²) in [5.74, 6) is -0.135. The number of aryl methyl sites for hydroxylation is 1. The minimum Gasteiger partial charge on any atom is -0.361 e. The number of amides is 1. The van der Waals surface area contributed by atoms with Gasteiger partial charge in [-0.2, -0.15) is 0 Å². The number of rotatable bonds is 2. The Morgan fingerprint density at radius 3 is 3.00 bits per heavy atom. The Bertz CT molecular complexity index is 746. The average molecular weight is 251 g/mol. The smallest absolute Gasteiger partial charge is 0.257 e. The number of hydrogen-bond donors (Lipinski definition) is 2. The zero-order valence-electron chi connectivity index (χ0n) is 10.5. The van der Waals surface area contributed by atoms with Gasteiger partial charge in [0.2, 0.25) is 0 Å². The lowest BCUT2D eigenvalue weighted by Crippen LogP contribution is -2.13. The van der Waals surface area contributed by atoms with Gasteiger partial charge in [0.1, 0.15) is 0 Å². The van der Waals surface area contributed by atoms with E-state index in [9.17, 15) is 4.79 Å². The van der Waals surface area contributed by atoms with Gasteiger partial charge >= 0.3 is 0 Å². The maximum Gasteiger partial charge on any atom is 0.257 e. The van der Waals surface area contributed by atoms with Gasteiger partial charge in [0, 0.05) is 17.8 Å². The summed E-state index contributed by atoms with van der Waals surface area (Å²) in [6.45, 7) is 1.94. The second-order valence-corrected chi connectivity index (χ2v) is 4.39. The van der Waals surface area contributed by atoms with Gasteiger partial charge in [-0.15, -0.1) is 0 Å². The SMILES string of the molecule is Cc1ccncc1NC(=O)c1cccc2cc[nH]c12. The third kappa shape index (κ3) is 2.08. The first-order chi connectivity index (χ1) is 9.25. The van der Waals surface area contributed by atoms with Gasteiger partial charge in [-0.3, -0.25) is 9.78 Å². The summed E-state index contributed by atoms with van der Waals surface area (Å²) in [7, 11) is 0. The van der Waals surface area contributed by atoms with E-state index in [0.717, 1.165) is 22.2 Å². The fourth-order valence-corrected chi connectivity index (χ4v) is 2.06. The molecule has 0 aliphatic heterocycles. The number of carbonyl (C=O) groups is 1. The number of para-hydroxylation sites is 1. The van der Waals surface area contributed by atoms with Crippen LogP contribution in [0.15, 0.2) is 48.9 Å². The van der Waals surface area contributed by atoms with Crippen LogP contribution >= 0.6 is 0 Å². The molecule has 0 bridgehead atoms. The van der Waals surface area contributed by atoms with Crippen LogP contribution < -0.4 is 5.32 Å². The van der Waals surface area contributed by atoms with Gasteiger partial charge in [0.15, 0.2) is 0 Å². The summed E-state index contributed by atoms with van der Waals surface area (Å²) in [5.41, 5.74) is 3.20. The Balaban J connectivity index is 1.97. The number of hydrogen-bond acceptors (Lipinski definition) is 2. The molecule has 0 saturated carbocycles. The van der Waals surface area contributed by atoms with Crippen LogP contribution in [-0.2, 0) is 0 Å². The summed E-state index contributed by atoms with van der Waals surface area (Å²) < 4.78 is 0. The minimum absolute atomic E-state index is 0.135. The van der Waals surface area contributed by atoms with Crippen molar-refractivity contribution in [2.45, 2.75) is 6.92 Å². The molecule has 94 valence electrons. The third-order valence-electron chi connectivity index (χ3n) is 3.12. The molecule has 0 fully saturated rings. The maximum absolute atomic E-state index is 12.3. The molecule has 2 aromatic heterocycles. The number of aromatic nitrogens is 2. The van der Waals surface area contributed by atoms with Crippen LogP contribution in [0.2, 0.25) is 0 Å². The van der Waals surface area contributed by atoms with Crippen molar-refractivity contribution in [3.05, 3.63) is 60.0 Å². The number of nitrogens with one attached hydrogen (secondary N) is 2. The van der Waals surface area contributed by atoms with Crippen molar-refractivity contribution in [3.8, 4) is 0 Å². The van der Waals surface area contributed by atoms with Crippen molar-refractivity contribution in [1.29, 1.82) is 0 Å². The summed E-state index contributed by atoms with van der Waals surface area (Å²) in [6.07, 6.45) is 5.19. The molecule has 3 rings (SSSR count). The van der Waals surface area contributed by atoms with Crippen LogP contribution in [-0.4, -0.2) is 15.9 Å². The molecular formula is C15H13N3O. The first kappa shape index (κ1) is 11.5. The Morgan fingerprint density at radius 2 is 2.16 bits per heavy atom. The van der Waals surface area contributed by atoms with Gasteiger partial charge < -0.3 is 10.3 Å². The lowest BCUT2D eigenvalue weighted by molar-refractivity contribution is 0.102.